The molecule has 0 fully saturated rings. The van der Waals surface area contributed by atoms with Crippen LogP contribution in [0.5, 0.6) is 5.75 Å². The first-order chi connectivity index (χ1) is 16.4. The van der Waals surface area contributed by atoms with Crippen LogP contribution in [0.4, 0.5) is 11.5 Å². The Morgan fingerprint density at radius 2 is 2.15 bits per heavy atom. The van der Waals surface area contributed by atoms with Gasteiger partial charge in [0.05, 0.1) is 30.1 Å². The summed E-state index contributed by atoms with van der Waals surface area (Å²) in [6.07, 6.45) is 6.79. The highest BCUT2D eigenvalue weighted by atomic mass is 32.1. The number of fused-ring (bicyclic) bond motifs is 4. The van der Waals surface area contributed by atoms with E-state index in [-0.39, 0.29) is 17.4 Å². The molecule has 0 saturated heterocycles. The van der Waals surface area contributed by atoms with Gasteiger partial charge in [0, 0.05) is 24.2 Å². The normalized spacial score (nSPS) is 18.8. The van der Waals surface area contributed by atoms with Crippen molar-refractivity contribution in [2.45, 2.75) is 59.0 Å². The van der Waals surface area contributed by atoms with E-state index in [0.717, 1.165) is 64.3 Å². The minimum absolute atomic E-state index is 0.189. The number of hydrogen-bond donors (Lipinski definition) is 1. The standard InChI is InChI=1S/C26H31N5O2S/c1-6-26(25(32)31(4)15(2)3)8-7-18-21(11-26)34-24-22(18)23(28-14-29-24)30-19-9-16-12-27-13-17(16)10-20(19)33-5/h9-10,12,14-15H,6-8,11,13H2,1-5H3,(H,28,29,30)/t26-/m0/s1. The molecule has 3 heterocycles. The second-order valence-electron chi connectivity index (χ2n) is 9.57. The van der Waals surface area contributed by atoms with Crippen molar-refractivity contribution < 1.29 is 9.53 Å². The monoisotopic (exact) mass is 477 g/mol. The number of rotatable bonds is 6. The molecule has 1 N–H and O–H groups in total. The van der Waals surface area contributed by atoms with Crippen molar-refractivity contribution in [1.82, 2.24) is 14.9 Å². The molecule has 0 bridgehead atoms. The highest BCUT2D eigenvalue weighted by Gasteiger charge is 2.43. The molecular formula is C26H31N5O2S. The van der Waals surface area contributed by atoms with Crippen molar-refractivity contribution in [3.05, 3.63) is 40.0 Å². The molecule has 1 atom stereocenters. The minimum atomic E-state index is -0.351. The summed E-state index contributed by atoms with van der Waals surface area (Å²) in [7, 11) is 3.60. The Morgan fingerprint density at radius 3 is 2.88 bits per heavy atom. The number of ether oxygens (including phenoxy) is 1. The molecule has 1 amide bonds. The van der Waals surface area contributed by atoms with E-state index in [0.29, 0.717) is 6.54 Å². The summed E-state index contributed by atoms with van der Waals surface area (Å²) < 4.78 is 5.66. The van der Waals surface area contributed by atoms with Crippen LogP contribution in [0.15, 0.2) is 23.5 Å². The second-order valence-corrected chi connectivity index (χ2v) is 10.7. The van der Waals surface area contributed by atoms with Crippen molar-refractivity contribution in [3.8, 4) is 5.75 Å². The minimum Gasteiger partial charge on any atom is -0.495 e. The largest absolute Gasteiger partial charge is 0.495 e. The van der Waals surface area contributed by atoms with Crippen LogP contribution in [-0.4, -0.2) is 47.2 Å². The van der Waals surface area contributed by atoms with Gasteiger partial charge in [-0.1, -0.05) is 6.92 Å². The van der Waals surface area contributed by atoms with E-state index in [1.165, 1.54) is 10.4 Å². The zero-order valence-corrected chi connectivity index (χ0v) is 21.3. The van der Waals surface area contributed by atoms with Crippen molar-refractivity contribution in [1.29, 1.82) is 0 Å². The van der Waals surface area contributed by atoms with Gasteiger partial charge in [-0.2, -0.15) is 0 Å². The van der Waals surface area contributed by atoms with Crippen LogP contribution >= 0.6 is 11.3 Å². The third-order valence-corrected chi connectivity index (χ3v) is 8.60. The molecule has 3 aromatic rings. The number of methoxy groups -OCH3 is 1. The van der Waals surface area contributed by atoms with Gasteiger partial charge in [-0.3, -0.25) is 9.79 Å². The predicted molar refractivity (Wildman–Crippen MR) is 138 cm³/mol. The van der Waals surface area contributed by atoms with E-state index < -0.39 is 0 Å². The van der Waals surface area contributed by atoms with Crippen LogP contribution in [0, 0.1) is 5.41 Å². The number of amides is 1. The quantitative estimate of drug-likeness (QED) is 0.533. The smallest absolute Gasteiger partial charge is 0.229 e. The number of thiophene rings is 1. The fourth-order valence-corrected chi connectivity index (χ4v) is 6.41. The van der Waals surface area contributed by atoms with Crippen LogP contribution in [0.3, 0.4) is 0 Å². The van der Waals surface area contributed by atoms with Gasteiger partial charge in [0.2, 0.25) is 5.91 Å². The maximum Gasteiger partial charge on any atom is 0.229 e. The summed E-state index contributed by atoms with van der Waals surface area (Å²) >= 11 is 1.70. The van der Waals surface area contributed by atoms with Gasteiger partial charge >= 0.3 is 0 Å². The highest BCUT2D eigenvalue weighted by Crippen LogP contribution is 2.47. The number of carbonyl (C=O) groups excluding carboxylic acids is 1. The van der Waals surface area contributed by atoms with E-state index in [1.54, 1.807) is 24.8 Å². The maximum atomic E-state index is 13.5. The molecule has 1 aromatic carbocycles. The number of aromatic nitrogens is 2. The molecule has 7 nitrogen and oxygen atoms in total. The molecule has 5 rings (SSSR count). The Morgan fingerprint density at radius 1 is 1.32 bits per heavy atom. The molecule has 34 heavy (non-hydrogen) atoms. The maximum absolute atomic E-state index is 13.5. The van der Waals surface area contributed by atoms with E-state index in [4.69, 9.17) is 4.74 Å². The number of benzene rings is 1. The van der Waals surface area contributed by atoms with Gasteiger partial charge in [0.25, 0.3) is 0 Å². The number of aliphatic imine (C=N–C) groups is 1. The predicted octanol–water partition coefficient (Wildman–Crippen LogP) is 5.13. The Kier molecular flexibility index (Phi) is 5.80. The number of nitrogens with zero attached hydrogens (tertiary/aromatic N) is 4. The van der Waals surface area contributed by atoms with Crippen LogP contribution in [0.2, 0.25) is 0 Å². The molecule has 2 aromatic heterocycles. The molecule has 0 saturated carbocycles. The molecule has 2 aliphatic rings. The molecule has 178 valence electrons. The van der Waals surface area contributed by atoms with Crippen LogP contribution in [0.25, 0.3) is 10.2 Å². The third kappa shape index (κ3) is 3.64. The molecule has 1 aliphatic carbocycles. The number of nitrogens with one attached hydrogen (secondary N) is 1. The van der Waals surface area contributed by atoms with Crippen molar-refractivity contribution in [2.75, 3.05) is 19.5 Å². The van der Waals surface area contributed by atoms with E-state index >= 15 is 0 Å². The van der Waals surface area contributed by atoms with E-state index in [2.05, 4.69) is 47.1 Å². The van der Waals surface area contributed by atoms with Gasteiger partial charge in [-0.25, -0.2) is 9.97 Å². The second kappa shape index (κ2) is 8.65. The van der Waals surface area contributed by atoms with Gasteiger partial charge in [-0.15, -0.1) is 11.3 Å². The average Bonchev–Trinajstić information content (AvgIpc) is 3.45. The Bertz CT molecular complexity index is 1300. The highest BCUT2D eigenvalue weighted by molar-refractivity contribution is 7.19. The van der Waals surface area contributed by atoms with Crippen LogP contribution < -0.4 is 10.1 Å². The summed E-state index contributed by atoms with van der Waals surface area (Å²) in [5.41, 5.74) is 4.05. The molecule has 0 radical (unpaired) electrons. The third-order valence-electron chi connectivity index (χ3n) is 7.46. The molecule has 8 heteroatoms. The lowest BCUT2D eigenvalue weighted by molar-refractivity contribution is -0.143. The zero-order chi connectivity index (χ0) is 24.0. The van der Waals surface area contributed by atoms with Crippen molar-refractivity contribution in [2.24, 2.45) is 10.4 Å². The van der Waals surface area contributed by atoms with Gasteiger partial charge < -0.3 is 15.0 Å². The fraction of sp³-hybridized carbons (Fsp3) is 0.462. The number of carbonyl (C=O) groups is 1. The summed E-state index contributed by atoms with van der Waals surface area (Å²) in [5, 5.41) is 4.58. The molecule has 1 aliphatic heterocycles. The number of hydrogen-bond acceptors (Lipinski definition) is 7. The lowest BCUT2D eigenvalue weighted by Crippen LogP contribution is -2.47. The van der Waals surface area contributed by atoms with Crippen LogP contribution in [-0.2, 0) is 24.2 Å². The molecule has 0 unspecified atom stereocenters. The Hall–Kier alpha value is -3.00. The molecule has 0 spiro atoms. The summed E-state index contributed by atoms with van der Waals surface area (Å²) in [4.78, 5) is 31.1. The topological polar surface area (TPSA) is 79.7 Å². The summed E-state index contributed by atoms with van der Waals surface area (Å²) in [6.45, 7) is 6.97. The lowest BCUT2D eigenvalue weighted by atomic mass is 9.71. The van der Waals surface area contributed by atoms with Crippen LogP contribution in [0.1, 0.15) is 55.2 Å². The van der Waals surface area contributed by atoms with E-state index in [1.807, 2.05) is 24.2 Å². The van der Waals surface area contributed by atoms with Gasteiger partial charge in [-0.05, 0) is 68.4 Å². The van der Waals surface area contributed by atoms with Crippen molar-refractivity contribution >= 4 is 45.2 Å². The number of anilines is 2. The lowest BCUT2D eigenvalue weighted by Gasteiger charge is -2.39. The van der Waals surface area contributed by atoms with E-state index in [9.17, 15) is 4.79 Å². The first-order valence-corrected chi connectivity index (χ1v) is 12.7. The van der Waals surface area contributed by atoms with Gasteiger partial charge in [0.1, 0.15) is 22.7 Å². The Balaban J connectivity index is 1.53. The number of aryl methyl sites for hydroxylation is 1. The van der Waals surface area contributed by atoms with Gasteiger partial charge in [0.15, 0.2) is 0 Å². The average molecular weight is 478 g/mol. The summed E-state index contributed by atoms with van der Waals surface area (Å²) in [5.74, 6) is 1.81. The summed E-state index contributed by atoms with van der Waals surface area (Å²) in [6, 6.07) is 4.30. The zero-order valence-electron chi connectivity index (χ0n) is 20.4. The SMILES string of the molecule is CC[C@]1(C(=O)N(C)C(C)C)CCc2c(sc3ncnc(Nc4cc5c(cc4OC)CN=C5)c23)C1. The Labute approximate surface area is 204 Å². The molecular weight excluding hydrogens is 446 g/mol. The fourth-order valence-electron chi connectivity index (χ4n) is 5.07. The first kappa shape index (κ1) is 22.8. The first-order valence-electron chi connectivity index (χ1n) is 11.9. The van der Waals surface area contributed by atoms with Crippen molar-refractivity contribution in [3.63, 3.8) is 0 Å².